The highest BCUT2D eigenvalue weighted by Gasteiger charge is 2.36. The van der Waals surface area contributed by atoms with Crippen LogP contribution in [-0.2, 0) is 0 Å². The van der Waals surface area contributed by atoms with Gasteiger partial charge < -0.3 is 5.32 Å². The number of nitrogens with one attached hydrogen (secondary N) is 1. The maximum absolute atomic E-state index is 3.48. The Labute approximate surface area is 114 Å². The molecular weight excluding hydrogens is 220 g/mol. The molecule has 2 heteroatoms. The van der Waals surface area contributed by atoms with Gasteiger partial charge in [-0.2, -0.15) is 0 Å². The Morgan fingerprint density at radius 1 is 1.06 bits per heavy atom. The Hall–Kier alpha value is -0.0800. The lowest BCUT2D eigenvalue weighted by molar-refractivity contribution is 0.0198. The van der Waals surface area contributed by atoms with Gasteiger partial charge in [-0.3, -0.25) is 4.90 Å². The summed E-state index contributed by atoms with van der Waals surface area (Å²) in [6.07, 6.45) is 5.65. The summed E-state index contributed by atoms with van der Waals surface area (Å²) >= 11 is 0. The van der Waals surface area contributed by atoms with E-state index in [9.17, 15) is 0 Å². The lowest BCUT2D eigenvalue weighted by Gasteiger charge is -2.48. The molecule has 2 rings (SSSR count). The van der Waals surface area contributed by atoms with Crippen LogP contribution in [0.3, 0.4) is 0 Å². The number of rotatable bonds is 5. The highest BCUT2D eigenvalue weighted by Crippen LogP contribution is 2.38. The van der Waals surface area contributed by atoms with Crippen molar-refractivity contribution in [1.82, 2.24) is 10.2 Å². The zero-order valence-electron chi connectivity index (χ0n) is 12.8. The average Bonchev–Trinajstić information content (AvgIpc) is 2.26. The van der Waals surface area contributed by atoms with Gasteiger partial charge in [0.25, 0.3) is 0 Å². The van der Waals surface area contributed by atoms with Crippen LogP contribution >= 0.6 is 0 Å². The van der Waals surface area contributed by atoms with Crippen LogP contribution in [0.1, 0.15) is 53.4 Å². The van der Waals surface area contributed by atoms with Crippen LogP contribution < -0.4 is 5.32 Å². The molecule has 0 aromatic heterocycles. The number of hydrogen-bond acceptors (Lipinski definition) is 2. The summed E-state index contributed by atoms with van der Waals surface area (Å²) in [6.45, 7) is 13.3. The van der Waals surface area contributed by atoms with E-state index in [2.05, 4.69) is 37.9 Å². The van der Waals surface area contributed by atoms with E-state index >= 15 is 0 Å². The smallest absolute Gasteiger partial charge is 0.0104 e. The molecule has 106 valence electrons. The monoisotopic (exact) mass is 252 g/mol. The minimum Gasteiger partial charge on any atom is -0.317 e. The molecule has 0 amide bonds. The number of nitrogens with zero attached hydrogens (tertiary/aromatic N) is 1. The van der Waals surface area contributed by atoms with Crippen LogP contribution in [0.5, 0.6) is 0 Å². The second kappa shape index (κ2) is 6.38. The van der Waals surface area contributed by atoms with Crippen molar-refractivity contribution in [2.75, 3.05) is 19.6 Å². The highest BCUT2D eigenvalue weighted by atomic mass is 15.2. The maximum Gasteiger partial charge on any atom is 0.0104 e. The molecule has 2 nitrogen and oxygen atoms in total. The van der Waals surface area contributed by atoms with Crippen LogP contribution in [0, 0.1) is 17.8 Å². The Bertz CT molecular complexity index is 237. The van der Waals surface area contributed by atoms with Gasteiger partial charge in [0.05, 0.1) is 0 Å². The van der Waals surface area contributed by atoms with E-state index in [1.165, 1.54) is 45.3 Å². The Morgan fingerprint density at radius 2 is 1.67 bits per heavy atom. The molecule has 0 bridgehead atoms. The molecule has 0 spiro atoms. The van der Waals surface area contributed by atoms with Crippen molar-refractivity contribution < 1.29 is 0 Å². The molecule has 1 aliphatic carbocycles. The van der Waals surface area contributed by atoms with Gasteiger partial charge in [0.15, 0.2) is 0 Å². The van der Waals surface area contributed by atoms with E-state index < -0.39 is 0 Å². The first-order chi connectivity index (χ1) is 8.58. The normalized spacial score (nSPS) is 30.2. The first kappa shape index (κ1) is 14.3. The van der Waals surface area contributed by atoms with Crippen LogP contribution in [0.2, 0.25) is 0 Å². The van der Waals surface area contributed by atoms with Gasteiger partial charge in [0.1, 0.15) is 0 Å². The zero-order valence-corrected chi connectivity index (χ0v) is 12.8. The fraction of sp³-hybridized carbons (Fsp3) is 1.00. The second-order valence-corrected chi connectivity index (χ2v) is 7.11. The SMILES string of the molecule is CC(C)C1CC(N(CC2CCNCC2)C(C)C)C1. The molecule has 0 radical (unpaired) electrons. The van der Waals surface area contributed by atoms with E-state index in [-0.39, 0.29) is 0 Å². The standard InChI is InChI=1S/C16H32N2/c1-12(2)15-9-16(10-15)18(13(3)4)11-14-5-7-17-8-6-14/h12-17H,5-11H2,1-4H3. The van der Waals surface area contributed by atoms with Crippen molar-refractivity contribution in [3.63, 3.8) is 0 Å². The van der Waals surface area contributed by atoms with Crippen molar-refractivity contribution in [2.45, 2.75) is 65.5 Å². The van der Waals surface area contributed by atoms with Gasteiger partial charge in [0, 0.05) is 18.6 Å². The molecular formula is C16H32N2. The molecule has 2 fully saturated rings. The van der Waals surface area contributed by atoms with E-state index in [1.807, 2.05) is 0 Å². The van der Waals surface area contributed by atoms with Gasteiger partial charge >= 0.3 is 0 Å². The molecule has 0 aromatic carbocycles. The average molecular weight is 252 g/mol. The number of piperidine rings is 1. The van der Waals surface area contributed by atoms with Crippen molar-refractivity contribution in [3.05, 3.63) is 0 Å². The van der Waals surface area contributed by atoms with Gasteiger partial charge in [-0.05, 0) is 70.4 Å². The fourth-order valence-corrected chi connectivity index (χ4v) is 3.59. The van der Waals surface area contributed by atoms with Crippen LogP contribution in [0.4, 0.5) is 0 Å². The summed E-state index contributed by atoms with van der Waals surface area (Å²) in [4.78, 5) is 2.80. The van der Waals surface area contributed by atoms with Crippen molar-refractivity contribution in [3.8, 4) is 0 Å². The summed E-state index contributed by atoms with van der Waals surface area (Å²) in [7, 11) is 0. The van der Waals surface area contributed by atoms with E-state index in [0.29, 0.717) is 0 Å². The van der Waals surface area contributed by atoms with Crippen molar-refractivity contribution in [1.29, 1.82) is 0 Å². The third kappa shape index (κ3) is 3.48. The van der Waals surface area contributed by atoms with Crippen LogP contribution in [-0.4, -0.2) is 36.6 Å². The lowest BCUT2D eigenvalue weighted by atomic mass is 9.72. The quantitative estimate of drug-likeness (QED) is 0.809. The number of hydrogen-bond donors (Lipinski definition) is 1. The minimum atomic E-state index is 0.720. The maximum atomic E-state index is 3.48. The molecule has 1 N–H and O–H groups in total. The summed E-state index contributed by atoms with van der Waals surface area (Å²) in [5.41, 5.74) is 0. The predicted octanol–water partition coefficient (Wildman–Crippen LogP) is 3.13. The van der Waals surface area contributed by atoms with Crippen molar-refractivity contribution in [2.24, 2.45) is 17.8 Å². The summed E-state index contributed by atoms with van der Waals surface area (Å²) < 4.78 is 0. The third-order valence-corrected chi connectivity index (χ3v) is 5.15. The predicted molar refractivity (Wildman–Crippen MR) is 78.8 cm³/mol. The molecule has 0 atom stereocenters. The molecule has 0 aromatic rings. The topological polar surface area (TPSA) is 15.3 Å². The van der Waals surface area contributed by atoms with Gasteiger partial charge in [-0.15, -0.1) is 0 Å². The van der Waals surface area contributed by atoms with Crippen LogP contribution in [0.25, 0.3) is 0 Å². The molecule has 1 heterocycles. The molecule has 0 unspecified atom stereocenters. The first-order valence-electron chi connectivity index (χ1n) is 8.04. The van der Waals surface area contributed by atoms with Gasteiger partial charge in [0.2, 0.25) is 0 Å². The molecule has 1 saturated heterocycles. The van der Waals surface area contributed by atoms with Crippen LogP contribution in [0.15, 0.2) is 0 Å². The van der Waals surface area contributed by atoms with E-state index in [4.69, 9.17) is 0 Å². The molecule has 18 heavy (non-hydrogen) atoms. The Kier molecular flexibility index (Phi) is 5.08. The Balaban J connectivity index is 1.81. The van der Waals surface area contributed by atoms with Gasteiger partial charge in [-0.25, -0.2) is 0 Å². The zero-order chi connectivity index (χ0) is 13.1. The lowest BCUT2D eigenvalue weighted by Crippen LogP contribution is -2.51. The molecule has 1 aliphatic heterocycles. The molecule has 1 saturated carbocycles. The second-order valence-electron chi connectivity index (χ2n) is 7.11. The van der Waals surface area contributed by atoms with E-state index in [1.54, 1.807) is 0 Å². The molecule has 2 aliphatic rings. The van der Waals surface area contributed by atoms with E-state index in [0.717, 1.165) is 29.8 Å². The highest BCUT2D eigenvalue weighted by molar-refractivity contribution is 4.91. The summed E-state index contributed by atoms with van der Waals surface area (Å²) in [6, 6.07) is 1.60. The first-order valence-corrected chi connectivity index (χ1v) is 8.04. The third-order valence-electron chi connectivity index (χ3n) is 5.15. The Morgan fingerprint density at radius 3 is 2.17 bits per heavy atom. The van der Waals surface area contributed by atoms with Gasteiger partial charge in [-0.1, -0.05) is 13.8 Å². The fourth-order valence-electron chi connectivity index (χ4n) is 3.59. The minimum absolute atomic E-state index is 0.720. The summed E-state index contributed by atoms with van der Waals surface area (Å²) in [5.74, 6) is 2.81. The van der Waals surface area contributed by atoms with Crippen molar-refractivity contribution >= 4 is 0 Å². The summed E-state index contributed by atoms with van der Waals surface area (Å²) in [5, 5.41) is 3.48. The largest absolute Gasteiger partial charge is 0.317 e.